The summed E-state index contributed by atoms with van der Waals surface area (Å²) in [6.07, 6.45) is 4.52. The molecular weight excluding hydrogens is 348 g/mol. The minimum absolute atomic E-state index is 0.0108. The number of carbonyl (C=O) groups is 2. The quantitative estimate of drug-likeness (QED) is 0.674. The number of aromatic nitrogens is 1. The minimum Gasteiger partial charge on any atom is -0.497 e. The van der Waals surface area contributed by atoms with Crippen LogP contribution in [0.1, 0.15) is 43.4 Å². The zero-order valence-corrected chi connectivity index (χ0v) is 15.4. The summed E-state index contributed by atoms with van der Waals surface area (Å²) in [7, 11) is 1.61. The van der Waals surface area contributed by atoms with Crippen molar-refractivity contribution >= 4 is 33.9 Å². The van der Waals surface area contributed by atoms with Crippen molar-refractivity contribution in [2.75, 3.05) is 13.7 Å². The molecule has 0 spiro atoms. The van der Waals surface area contributed by atoms with Gasteiger partial charge in [-0.1, -0.05) is 0 Å². The Labute approximate surface area is 155 Å². The number of ether oxygens (including phenoxy) is 1. The Bertz CT molecular complexity index is 963. The van der Waals surface area contributed by atoms with Crippen LogP contribution in [0.25, 0.3) is 10.9 Å². The van der Waals surface area contributed by atoms with Crippen molar-refractivity contribution in [1.82, 2.24) is 10.3 Å². The Morgan fingerprint density at radius 3 is 2.85 bits per heavy atom. The van der Waals surface area contributed by atoms with Crippen molar-refractivity contribution in [3.05, 3.63) is 51.3 Å². The Morgan fingerprint density at radius 1 is 1.19 bits per heavy atom. The molecule has 0 unspecified atom stereocenters. The lowest BCUT2D eigenvalue weighted by molar-refractivity contribution is 0.0903. The number of benzene rings is 1. The van der Waals surface area contributed by atoms with E-state index in [1.807, 2.05) is 24.3 Å². The molecule has 26 heavy (non-hydrogen) atoms. The van der Waals surface area contributed by atoms with E-state index < -0.39 is 0 Å². The summed E-state index contributed by atoms with van der Waals surface area (Å²) >= 11 is 1.58. The molecule has 1 aromatic carbocycles. The number of hydrogen-bond donors (Lipinski definition) is 2. The number of hydrogen-bond acceptors (Lipinski definition) is 4. The fraction of sp³-hybridized carbons (Fsp3) is 0.300. The summed E-state index contributed by atoms with van der Waals surface area (Å²) in [5.41, 5.74) is 2.60. The van der Waals surface area contributed by atoms with Gasteiger partial charge < -0.3 is 15.0 Å². The molecule has 134 valence electrons. The van der Waals surface area contributed by atoms with Crippen molar-refractivity contribution in [3.8, 4) is 5.75 Å². The molecule has 1 aliphatic carbocycles. The van der Waals surface area contributed by atoms with Crippen LogP contribution in [-0.4, -0.2) is 30.3 Å². The largest absolute Gasteiger partial charge is 0.497 e. The van der Waals surface area contributed by atoms with E-state index >= 15 is 0 Å². The summed E-state index contributed by atoms with van der Waals surface area (Å²) in [4.78, 5) is 30.0. The molecule has 3 aromatic rings. The van der Waals surface area contributed by atoms with Crippen LogP contribution in [-0.2, 0) is 12.8 Å². The number of carbonyl (C=O) groups excluding carboxylic acids is 2. The molecule has 0 saturated heterocycles. The van der Waals surface area contributed by atoms with Crippen LogP contribution in [0.2, 0.25) is 0 Å². The molecule has 0 aliphatic heterocycles. The van der Waals surface area contributed by atoms with Crippen molar-refractivity contribution in [1.29, 1.82) is 0 Å². The smallest absolute Gasteiger partial charge is 0.268 e. The number of fused-ring (bicyclic) bond motifs is 2. The molecule has 5 nitrogen and oxygen atoms in total. The maximum absolute atomic E-state index is 12.4. The van der Waals surface area contributed by atoms with Gasteiger partial charge in [0, 0.05) is 15.8 Å². The molecule has 0 radical (unpaired) electrons. The first kappa shape index (κ1) is 16.8. The number of nitrogens with one attached hydrogen (secondary N) is 2. The molecule has 1 amide bonds. The van der Waals surface area contributed by atoms with Gasteiger partial charge in [-0.15, -0.1) is 11.3 Å². The van der Waals surface area contributed by atoms with Crippen LogP contribution in [0.3, 0.4) is 0 Å². The topological polar surface area (TPSA) is 71.2 Å². The van der Waals surface area contributed by atoms with Crippen LogP contribution in [0.4, 0.5) is 0 Å². The predicted molar refractivity (Wildman–Crippen MR) is 102 cm³/mol. The first-order valence-corrected chi connectivity index (χ1v) is 9.55. The van der Waals surface area contributed by atoms with Crippen molar-refractivity contribution < 1.29 is 14.3 Å². The Kier molecular flexibility index (Phi) is 4.51. The molecule has 4 rings (SSSR count). The normalized spacial score (nSPS) is 13.4. The Balaban J connectivity index is 1.43. The number of ketones is 1. The summed E-state index contributed by atoms with van der Waals surface area (Å²) < 4.78 is 5.20. The van der Waals surface area contributed by atoms with Crippen LogP contribution in [0, 0.1) is 0 Å². The molecule has 0 bridgehead atoms. The number of H-pyrrole nitrogens is 1. The van der Waals surface area contributed by atoms with Crippen molar-refractivity contribution in [2.24, 2.45) is 0 Å². The number of thiophene rings is 1. The van der Waals surface area contributed by atoms with Gasteiger partial charge in [-0.25, -0.2) is 0 Å². The lowest BCUT2D eigenvalue weighted by atomic mass is 9.99. The van der Waals surface area contributed by atoms with Gasteiger partial charge in [-0.05, 0) is 61.6 Å². The third-order valence-electron chi connectivity index (χ3n) is 4.75. The highest BCUT2D eigenvalue weighted by atomic mass is 32.1. The maximum atomic E-state index is 12.4. The molecule has 2 N–H and O–H groups in total. The number of aryl methyl sites for hydroxylation is 2. The second-order valence-electron chi connectivity index (χ2n) is 6.51. The Morgan fingerprint density at radius 2 is 2.04 bits per heavy atom. The van der Waals surface area contributed by atoms with Gasteiger partial charge in [0.25, 0.3) is 5.91 Å². The molecule has 0 fully saturated rings. The average molecular weight is 368 g/mol. The zero-order chi connectivity index (χ0) is 18.1. The molecule has 2 aromatic heterocycles. The summed E-state index contributed by atoms with van der Waals surface area (Å²) in [5, 5.41) is 3.62. The van der Waals surface area contributed by atoms with Crippen LogP contribution in [0.5, 0.6) is 5.75 Å². The lowest BCUT2D eigenvalue weighted by Gasteiger charge is -2.08. The van der Waals surface area contributed by atoms with Gasteiger partial charge in [0.05, 0.1) is 18.5 Å². The van der Waals surface area contributed by atoms with Gasteiger partial charge in [-0.2, -0.15) is 0 Å². The van der Waals surface area contributed by atoms with Gasteiger partial charge in [0.2, 0.25) is 0 Å². The molecule has 0 saturated carbocycles. The predicted octanol–water partition coefficient (Wildman–Crippen LogP) is 3.73. The van der Waals surface area contributed by atoms with E-state index in [0.717, 1.165) is 34.4 Å². The number of Topliss-reactive ketones (excluding diaryl/α,β-unsaturated/α-hetero) is 1. The van der Waals surface area contributed by atoms with Gasteiger partial charge in [0.15, 0.2) is 5.78 Å². The molecule has 0 atom stereocenters. The van der Waals surface area contributed by atoms with Crippen LogP contribution >= 0.6 is 11.3 Å². The van der Waals surface area contributed by atoms with E-state index in [-0.39, 0.29) is 18.2 Å². The van der Waals surface area contributed by atoms with E-state index in [2.05, 4.69) is 10.3 Å². The second-order valence-corrected chi connectivity index (χ2v) is 7.64. The first-order valence-electron chi connectivity index (χ1n) is 8.74. The monoisotopic (exact) mass is 368 g/mol. The third kappa shape index (κ3) is 3.24. The van der Waals surface area contributed by atoms with Gasteiger partial charge >= 0.3 is 0 Å². The third-order valence-corrected chi connectivity index (χ3v) is 6.03. The fourth-order valence-corrected chi connectivity index (χ4v) is 4.52. The van der Waals surface area contributed by atoms with E-state index in [0.29, 0.717) is 5.69 Å². The standard InChI is InChI=1S/C20H20N2O3S/c1-25-14-6-7-15-13(8-14)9-16(22-15)20(24)21-11-17(23)19-10-12-4-2-3-5-18(12)26-19/h6-10,22H,2-5,11H2,1H3,(H,21,24). The van der Waals surface area contributed by atoms with E-state index in [4.69, 9.17) is 4.74 Å². The maximum Gasteiger partial charge on any atom is 0.268 e. The fourth-order valence-electron chi connectivity index (χ4n) is 3.33. The van der Waals surface area contributed by atoms with E-state index in [1.165, 1.54) is 23.3 Å². The molecule has 6 heteroatoms. The summed E-state index contributed by atoms with van der Waals surface area (Å²) in [5.74, 6) is 0.422. The minimum atomic E-state index is -0.283. The highest BCUT2D eigenvalue weighted by Crippen LogP contribution is 2.29. The number of rotatable bonds is 5. The van der Waals surface area contributed by atoms with E-state index in [1.54, 1.807) is 24.5 Å². The van der Waals surface area contributed by atoms with Crippen LogP contribution < -0.4 is 10.1 Å². The van der Waals surface area contributed by atoms with E-state index in [9.17, 15) is 9.59 Å². The summed E-state index contributed by atoms with van der Waals surface area (Å²) in [6, 6.07) is 9.34. The highest BCUT2D eigenvalue weighted by Gasteiger charge is 2.18. The summed E-state index contributed by atoms with van der Waals surface area (Å²) in [6.45, 7) is 0.0108. The second kappa shape index (κ2) is 6.96. The number of methoxy groups -OCH3 is 1. The van der Waals surface area contributed by atoms with Gasteiger partial charge in [0.1, 0.15) is 11.4 Å². The highest BCUT2D eigenvalue weighted by molar-refractivity contribution is 7.14. The van der Waals surface area contributed by atoms with Crippen molar-refractivity contribution in [2.45, 2.75) is 25.7 Å². The molecule has 1 aliphatic rings. The average Bonchev–Trinajstić information content (AvgIpc) is 3.28. The number of aromatic amines is 1. The van der Waals surface area contributed by atoms with Gasteiger partial charge in [-0.3, -0.25) is 9.59 Å². The zero-order valence-electron chi connectivity index (χ0n) is 14.6. The number of amides is 1. The van der Waals surface area contributed by atoms with Crippen molar-refractivity contribution in [3.63, 3.8) is 0 Å². The first-order chi connectivity index (χ1) is 12.6. The Hall–Kier alpha value is -2.60. The lowest BCUT2D eigenvalue weighted by Crippen LogP contribution is -2.29. The molecular formula is C20H20N2O3S. The SMILES string of the molecule is COc1ccc2[nH]c(C(=O)NCC(=O)c3cc4c(s3)CCCC4)cc2c1. The van der Waals surface area contributed by atoms with Crippen LogP contribution in [0.15, 0.2) is 30.3 Å². The molecule has 2 heterocycles.